The lowest BCUT2D eigenvalue weighted by atomic mass is 9.99. The van der Waals surface area contributed by atoms with Crippen LogP contribution in [0, 0.1) is 0 Å². The van der Waals surface area contributed by atoms with Gasteiger partial charge in [-0.1, -0.05) is 19.1 Å². The van der Waals surface area contributed by atoms with Gasteiger partial charge in [0.2, 0.25) is 0 Å². The van der Waals surface area contributed by atoms with Gasteiger partial charge in [-0.3, -0.25) is 0 Å². The maximum absolute atomic E-state index is 13.1. The van der Waals surface area contributed by atoms with E-state index in [4.69, 9.17) is 4.74 Å². The van der Waals surface area contributed by atoms with E-state index in [1.165, 1.54) is 12.1 Å². The van der Waals surface area contributed by atoms with Crippen LogP contribution in [0.2, 0.25) is 0 Å². The number of halogens is 6. The normalized spacial score (nSPS) is 23.4. The number of rotatable bonds is 5. The summed E-state index contributed by atoms with van der Waals surface area (Å²) in [4.78, 5) is 6.11. The zero-order valence-corrected chi connectivity index (χ0v) is 18.0. The van der Waals surface area contributed by atoms with Crippen molar-refractivity contribution in [2.24, 2.45) is 0 Å². The number of piperidine rings is 1. The van der Waals surface area contributed by atoms with Crippen molar-refractivity contribution in [3.63, 3.8) is 0 Å². The molecule has 0 N–H and O–H groups in total. The molecule has 3 atom stereocenters. The first-order chi connectivity index (χ1) is 15.6. The Balaban J connectivity index is 1.50. The van der Waals surface area contributed by atoms with Gasteiger partial charge in [0, 0.05) is 36.7 Å². The van der Waals surface area contributed by atoms with Gasteiger partial charge in [0.25, 0.3) is 0 Å². The summed E-state index contributed by atoms with van der Waals surface area (Å²) in [7, 11) is 0. The van der Waals surface area contributed by atoms with Gasteiger partial charge in [-0.15, -0.1) is 0 Å². The second-order valence-corrected chi connectivity index (χ2v) is 8.47. The Morgan fingerprint density at radius 1 is 0.970 bits per heavy atom. The van der Waals surface area contributed by atoms with Crippen molar-refractivity contribution in [2.45, 2.75) is 69.6 Å². The number of hydrogen-bond acceptors (Lipinski definition) is 3. The molecule has 0 unspecified atom stereocenters. The Kier molecular flexibility index (Phi) is 6.33. The molecular weight excluding hydrogens is 446 g/mol. The van der Waals surface area contributed by atoms with Crippen LogP contribution in [0.3, 0.4) is 0 Å². The molecule has 2 aliphatic heterocycles. The first-order valence-corrected chi connectivity index (χ1v) is 10.9. The van der Waals surface area contributed by atoms with Gasteiger partial charge >= 0.3 is 12.4 Å². The Labute approximate surface area is 188 Å². The van der Waals surface area contributed by atoms with Crippen molar-refractivity contribution in [2.75, 3.05) is 4.90 Å². The molecule has 2 fully saturated rings. The van der Waals surface area contributed by atoms with Crippen molar-refractivity contribution in [3.8, 4) is 5.75 Å². The number of alkyl halides is 6. The molecule has 0 spiro atoms. The Bertz CT molecular complexity index is 985. The highest BCUT2D eigenvalue weighted by Crippen LogP contribution is 2.41. The highest BCUT2D eigenvalue weighted by atomic mass is 19.4. The second-order valence-electron chi connectivity index (χ2n) is 8.47. The highest BCUT2D eigenvalue weighted by molar-refractivity contribution is 5.59. The molecule has 2 saturated heterocycles. The van der Waals surface area contributed by atoms with Crippen molar-refractivity contribution < 1.29 is 31.1 Å². The van der Waals surface area contributed by atoms with Crippen LogP contribution in [0.5, 0.6) is 5.75 Å². The summed E-state index contributed by atoms with van der Waals surface area (Å²) in [6.07, 6.45) is -1.14. The van der Waals surface area contributed by atoms with E-state index in [9.17, 15) is 26.3 Å². The smallest absolute Gasteiger partial charge is 0.417 e. The summed E-state index contributed by atoms with van der Waals surface area (Å²) in [5, 5.41) is 0. The summed E-state index contributed by atoms with van der Waals surface area (Å²) >= 11 is 0. The van der Waals surface area contributed by atoms with Crippen LogP contribution < -0.4 is 9.64 Å². The molecule has 2 aliphatic rings. The van der Waals surface area contributed by atoms with Crippen molar-refractivity contribution in [3.05, 3.63) is 59.3 Å². The number of pyridine rings is 1. The molecule has 9 heteroatoms. The highest BCUT2D eigenvalue weighted by Gasteiger charge is 2.43. The molecule has 178 valence electrons. The van der Waals surface area contributed by atoms with E-state index < -0.39 is 23.5 Å². The molecule has 2 aromatic rings. The minimum atomic E-state index is -4.44. The number of fused-ring (bicyclic) bond motifs is 2. The van der Waals surface area contributed by atoms with Crippen LogP contribution in [0.1, 0.15) is 55.7 Å². The average Bonchev–Trinajstić information content (AvgIpc) is 3.02. The molecule has 3 nitrogen and oxygen atoms in total. The summed E-state index contributed by atoms with van der Waals surface area (Å²) < 4.78 is 84.2. The molecule has 0 saturated carbocycles. The predicted molar refractivity (Wildman–Crippen MR) is 113 cm³/mol. The fraction of sp³-hybridized carbons (Fsp3) is 0.458. The lowest BCUT2D eigenvalue weighted by molar-refractivity contribution is -0.138. The molecule has 3 heterocycles. The Hall–Kier alpha value is -2.71. The van der Waals surface area contributed by atoms with Gasteiger partial charge < -0.3 is 9.64 Å². The zero-order valence-electron chi connectivity index (χ0n) is 18.0. The largest absolute Gasteiger partial charge is 0.490 e. The molecule has 1 aromatic heterocycles. The molecular formula is C24H24F6N2O. The Morgan fingerprint density at radius 3 is 2.15 bits per heavy atom. The predicted octanol–water partition coefficient (Wildman–Crippen LogP) is 7.12. The van der Waals surface area contributed by atoms with Gasteiger partial charge in [0.15, 0.2) is 0 Å². The summed E-state index contributed by atoms with van der Waals surface area (Å²) in [5.74, 6) is 0.910. The van der Waals surface area contributed by atoms with Crippen LogP contribution in [0.4, 0.5) is 32.2 Å². The molecule has 0 aliphatic carbocycles. The van der Waals surface area contributed by atoms with Crippen LogP contribution >= 0.6 is 0 Å². The SMILES string of the molecule is CC/C=C\c1cc(C(F)(F)F)ccc1O[C@H]1C[C@H]2CC[C@@H](C1)N2c1ccc(C(F)(F)F)cn1. The minimum Gasteiger partial charge on any atom is -0.490 e. The molecule has 4 rings (SSSR count). The molecule has 33 heavy (non-hydrogen) atoms. The quantitative estimate of drug-likeness (QED) is 0.435. The maximum Gasteiger partial charge on any atom is 0.417 e. The van der Waals surface area contributed by atoms with E-state index in [-0.39, 0.29) is 18.2 Å². The zero-order chi connectivity index (χ0) is 23.8. The summed E-state index contributed by atoms with van der Waals surface area (Å²) in [6.45, 7) is 1.90. The van der Waals surface area contributed by atoms with Gasteiger partial charge in [-0.2, -0.15) is 26.3 Å². The van der Waals surface area contributed by atoms with Crippen LogP contribution in [-0.2, 0) is 12.4 Å². The third kappa shape index (κ3) is 5.12. The number of ether oxygens (including phenoxy) is 1. The molecule has 1 aromatic carbocycles. The minimum absolute atomic E-state index is 0.0575. The van der Waals surface area contributed by atoms with Gasteiger partial charge in [0.05, 0.1) is 11.1 Å². The molecule has 0 radical (unpaired) electrons. The monoisotopic (exact) mass is 470 g/mol. The van der Waals surface area contributed by atoms with Gasteiger partial charge in [-0.05, 0) is 49.6 Å². The summed E-state index contributed by atoms with van der Waals surface area (Å²) in [6, 6.07) is 6.04. The lowest BCUT2D eigenvalue weighted by Crippen LogP contribution is -2.46. The van der Waals surface area contributed by atoms with Crippen molar-refractivity contribution >= 4 is 11.9 Å². The van der Waals surface area contributed by atoms with E-state index in [0.717, 1.165) is 37.2 Å². The van der Waals surface area contributed by atoms with Gasteiger partial charge in [0.1, 0.15) is 17.7 Å². The second kappa shape index (κ2) is 8.91. The van der Waals surface area contributed by atoms with Crippen molar-refractivity contribution in [1.29, 1.82) is 0 Å². The molecule has 2 bridgehead atoms. The van der Waals surface area contributed by atoms with Crippen molar-refractivity contribution in [1.82, 2.24) is 4.98 Å². The van der Waals surface area contributed by atoms with E-state index in [0.29, 0.717) is 36.4 Å². The number of aromatic nitrogens is 1. The van der Waals surface area contributed by atoms with Crippen LogP contribution in [0.15, 0.2) is 42.6 Å². The number of nitrogens with zero attached hydrogens (tertiary/aromatic N) is 2. The lowest BCUT2D eigenvalue weighted by Gasteiger charge is -2.40. The third-order valence-electron chi connectivity index (χ3n) is 6.19. The molecule has 0 amide bonds. The van der Waals surface area contributed by atoms with E-state index in [1.54, 1.807) is 12.2 Å². The number of hydrogen-bond donors (Lipinski definition) is 0. The average molecular weight is 470 g/mol. The third-order valence-corrected chi connectivity index (χ3v) is 6.19. The number of benzene rings is 1. The first-order valence-electron chi connectivity index (χ1n) is 10.9. The maximum atomic E-state index is 13.1. The van der Waals surface area contributed by atoms with E-state index in [2.05, 4.69) is 9.88 Å². The number of anilines is 1. The number of allylic oxidation sites excluding steroid dienone is 1. The van der Waals surface area contributed by atoms with E-state index >= 15 is 0 Å². The summed E-state index contributed by atoms with van der Waals surface area (Å²) in [5.41, 5.74) is -1.13. The van der Waals surface area contributed by atoms with Gasteiger partial charge in [-0.25, -0.2) is 4.98 Å². The standard InChI is InChI=1S/C24H24F6N2O/c1-2-3-4-15-11-16(23(25,26)27)5-9-21(15)33-20-12-18-7-8-19(13-20)32(18)22-10-6-17(14-31-22)24(28,29)30/h3-6,9-11,14,18-20H,2,7-8,12-13H2,1H3/b4-3-/t18-,19+,20+. The first kappa shape index (κ1) is 23.4. The fourth-order valence-electron chi connectivity index (χ4n) is 4.69. The van der Waals surface area contributed by atoms with Crippen LogP contribution in [-0.4, -0.2) is 23.2 Å². The van der Waals surface area contributed by atoms with E-state index in [1.807, 2.05) is 6.92 Å². The topological polar surface area (TPSA) is 25.4 Å². The van der Waals surface area contributed by atoms with Crippen LogP contribution in [0.25, 0.3) is 6.08 Å². The fourth-order valence-corrected chi connectivity index (χ4v) is 4.69. The Morgan fingerprint density at radius 2 is 1.61 bits per heavy atom.